The van der Waals surface area contributed by atoms with Gasteiger partial charge in [-0.3, -0.25) is 9.36 Å². The molecule has 0 aliphatic carbocycles. The molecule has 0 fully saturated rings. The Morgan fingerprint density at radius 3 is 2.70 bits per heavy atom. The number of carbonyl (C=O) groups is 1. The summed E-state index contributed by atoms with van der Waals surface area (Å²) in [6, 6.07) is 13.4. The van der Waals surface area contributed by atoms with E-state index in [2.05, 4.69) is 15.7 Å². The fraction of sp³-hybridized carbons (Fsp3) is 0.318. The average molecular weight is 409 g/mol. The van der Waals surface area contributed by atoms with Gasteiger partial charge in [-0.1, -0.05) is 24.3 Å². The van der Waals surface area contributed by atoms with Gasteiger partial charge in [-0.15, -0.1) is 0 Å². The van der Waals surface area contributed by atoms with Crippen molar-refractivity contribution in [1.29, 1.82) is 0 Å². The average Bonchev–Trinajstić information content (AvgIpc) is 2.92. The van der Waals surface area contributed by atoms with Crippen molar-refractivity contribution in [3.63, 3.8) is 0 Å². The molecule has 0 bridgehead atoms. The molecule has 2 N–H and O–H groups in total. The number of aryl methyl sites for hydroxylation is 1. The lowest BCUT2D eigenvalue weighted by molar-refractivity contribution is 0.0933. The maximum absolute atomic E-state index is 13.1. The van der Waals surface area contributed by atoms with Crippen molar-refractivity contribution >= 4 is 11.6 Å². The van der Waals surface area contributed by atoms with Gasteiger partial charge in [0.1, 0.15) is 11.6 Å². The van der Waals surface area contributed by atoms with Crippen LogP contribution in [0.5, 0.6) is 0 Å². The number of rotatable bonds is 5. The predicted octanol–water partition coefficient (Wildman–Crippen LogP) is 2.41. The number of anilines is 1. The van der Waals surface area contributed by atoms with Gasteiger partial charge in [0.15, 0.2) is 0 Å². The molecule has 2 heterocycles. The van der Waals surface area contributed by atoms with Gasteiger partial charge in [0.05, 0.1) is 12.1 Å². The number of nitrogens with zero attached hydrogens (tertiary/aromatic N) is 3. The van der Waals surface area contributed by atoms with Crippen LogP contribution in [0, 0.1) is 5.82 Å². The maximum Gasteiger partial charge on any atom is 0.346 e. The summed E-state index contributed by atoms with van der Waals surface area (Å²) >= 11 is 0. The second kappa shape index (κ2) is 8.52. The van der Waals surface area contributed by atoms with E-state index in [9.17, 15) is 14.0 Å². The van der Waals surface area contributed by atoms with E-state index >= 15 is 0 Å². The molecule has 1 aromatic heterocycles. The fourth-order valence-corrected chi connectivity index (χ4v) is 3.80. The molecule has 7 nitrogen and oxygen atoms in total. The molecule has 0 saturated heterocycles. The highest BCUT2D eigenvalue weighted by Gasteiger charge is 2.23. The molecule has 2 aromatic carbocycles. The summed E-state index contributed by atoms with van der Waals surface area (Å²) < 4.78 is 16.2. The SMILES string of the molecule is CNc1ccccc1C(=O)NC1CCc2nn(Cc3ccc(F)cc3)c(=O)n2CC1. The largest absolute Gasteiger partial charge is 0.387 e. The Bertz CT molecular complexity index is 1100. The molecule has 0 radical (unpaired) electrons. The third kappa shape index (κ3) is 4.12. The van der Waals surface area contributed by atoms with Crippen molar-refractivity contribution in [2.45, 2.75) is 38.4 Å². The Morgan fingerprint density at radius 2 is 1.93 bits per heavy atom. The van der Waals surface area contributed by atoms with Gasteiger partial charge in [-0.05, 0) is 42.7 Å². The standard InChI is InChI=1S/C22H24FN5O2/c1-24-19-5-3-2-4-18(19)21(29)25-17-10-11-20-26-28(22(30)27(20)13-12-17)14-15-6-8-16(23)9-7-15/h2-9,17,24H,10-14H2,1H3,(H,25,29). The van der Waals surface area contributed by atoms with E-state index in [-0.39, 0.29) is 23.5 Å². The molecule has 0 spiro atoms. The van der Waals surface area contributed by atoms with Crippen LogP contribution in [0.3, 0.4) is 0 Å². The molecule has 156 valence electrons. The van der Waals surface area contributed by atoms with Crippen molar-refractivity contribution in [2.75, 3.05) is 12.4 Å². The lowest BCUT2D eigenvalue weighted by Crippen LogP contribution is -2.36. The van der Waals surface area contributed by atoms with Crippen LogP contribution in [0.4, 0.5) is 10.1 Å². The minimum atomic E-state index is -0.308. The van der Waals surface area contributed by atoms with Crippen molar-refractivity contribution in [3.8, 4) is 0 Å². The van der Waals surface area contributed by atoms with Crippen LogP contribution in [0.2, 0.25) is 0 Å². The zero-order chi connectivity index (χ0) is 21.1. The number of nitrogens with one attached hydrogen (secondary N) is 2. The van der Waals surface area contributed by atoms with E-state index in [0.29, 0.717) is 37.9 Å². The van der Waals surface area contributed by atoms with E-state index in [0.717, 1.165) is 17.1 Å². The number of para-hydroxylation sites is 1. The zero-order valence-electron chi connectivity index (χ0n) is 16.8. The Balaban J connectivity index is 1.43. The normalized spacial score (nSPS) is 15.9. The van der Waals surface area contributed by atoms with E-state index in [1.807, 2.05) is 18.2 Å². The molecule has 1 amide bonds. The van der Waals surface area contributed by atoms with E-state index in [4.69, 9.17) is 0 Å². The third-order valence-electron chi connectivity index (χ3n) is 5.44. The first-order valence-corrected chi connectivity index (χ1v) is 10.0. The minimum absolute atomic E-state index is 0.0333. The topological polar surface area (TPSA) is 81.0 Å². The number of benzene rings is 2. The first kappa shape index (κ1) is 19.9. The molecular weight excluding hydrogens is 385 g/mol. The van der Waals surface area contributed by atoms with E-state index in [1.165, 1.54) is 16.8 Å². The van der Waals surface area contributed by atoms with Crippen LogP contribution in [-0.4, -0.2) is 33.3 Å². The van der Waals surface area contributed by atoms with Gasteiger partial charge in [-0.2, -0.15) is 5.10 Å². The Labute approximate surface area is 173 Å². The zero-order valence-corrected chi connectivity index (χ0v) is 16.8. The summed E-state index contributed by atoms with van der Waals surface area (Å²) in [5.41, 5.74) is 2.02. The van der Waals surface area contributed by atoms with Crippen LogP contribution >= 0.6 is 0 Å². The number of halogens is 1. The van der Waals surface area contributed by atoms with Crippen molar-refractivity contribution in [1.82, 2.24) is 19.7 Å². The summed E-state index contributed by atoms with van der Waals surface area (Å²) in [6.45, 7) is 0.802. The van der Waals surface area contributed by atoms with Gasteiger partial charge in [0.25, 0.3) is 5.91 Å². The molecule has 1 aliphatic rings. The monoisotopic (exact) mass is 409 g/mol. The summed E-state index contributed by atoms with van der Waals surface area (Å²) in [4.78, 5) is 25.5. The van der Waals surface area contributed by atoms with Crippen LogP contribution in [0.25, 0.3) is 0 Å². The van der Waals surface area contributed by atoms with Gasteiger partial charge in [-0.25, -0.2) is 13.9 Å². The summed E-state index contributed by atoms with van der Waals surface area (Å²) in [5.74, 6) is 0.282. The van der Waals surface area contributed by atoms with Gasteiger partial charge < -0.3 is 10.6 Å². The highest BCUT2D eigenvalue weighted by atomic mass is 19.1. The number of carbonyl (C=O) groups excluding carboxylic acids is 1. The van der Waals surface area contributed by atoms with Crippen molar-refractivity contribution in [3.05, 3.63) is 81.8 Å². The van der Waals surface area contributed by atoms with Crippen molar-refractivity contribution < 1.29 is 9.18 Å². The lowest BCUT2D eigenvalue weighted by Gasteiger charge is -2.17. The Hall–Kier alpha value is -3.42. The molecule has 0 saturated carbocycles. The molecule has 8 heteroatoms. The minimum Gasteiger partial charge on any atom is -0.387 e. The van der Waals surface area contributed by atoms with Crippen molar-refractivity contribution in [2.24, 2.45) is 0 Å². The predicted molar refractivity (Wildman–Crippen MR) is 112 cm³/mol. The van der Waals surface area contributed by atoms with Gasteiger partial charge in [0.2, 0.25) is 0 Å². The summed E-state index contributed by atoms with van der Waals surface area (Å²) in [6.07, 6.45) is 1.97. The van der Waals surface area contributed by atoms with Crippen LogP contribution in [0.15, 0.2) is 53.3 Å². The van der Waals surface area contributed by atoms with Crippen LogP contribution in [0.1, 0.15) is 34.6 Å². The highest BCUT2D eigenvalue weighted by molar-refractivity contribution is 5.99. The van der Waals surface area contributed by atoms with Gasteiger partial charge in [0, 0.05) is 31.7 Å². The first-order chi connectivity index (χ1) is 14.5. The molecular formula is C22H24FN5O2. The van der Waals surface area contributed by atoms with Crippen LogP contribution < -0.4 is 16.3 Å². The molecule has 30 heavy (non-hydrogen) atoms. The fourth-order valence-electron chi connectivity index (χ4n) is 3.80. The third-order valence-corrected chi connectivity index (χ3v) is 5.44. The number of aromatic nitrogens is 3. The lowest BCUT2D eigenvalue weighted by atomic mass is 10.1. The number of hydrogen-bond acceptors (Lipinski definition) is 4. The Kier molecular flexibility index (Phi) is 5.65. The maximum atomic E-state index is 13.1. The molecule has 1 atom stereocenters. The van der Waals surface area contributed by atoms with E-state index in [1.54, 1.807) is 29.8 Å². The highest BCUT2D eigenvalue weighted by Crippen LogP contribution is 2.17. The molecule has 4 rings (SSSR count). The van der Waals surface area contributed by atoms with Crippen LogP contribution in [-0.2, 0) is 19.5 Å². The summed E-state index contributed by atoms with van der Waals surface area (Å²) in [7, 11) is 1.79. The number of fused-ring (bicyclic) bond motifs is 1. The number of hydrogen-bond donors (Lipinski definition) is 2. The second-order valence-corrected chi connectivity index (χ2v) is 7.43. The van der Waals surface area contributed by atoms with E-state index < -0.39 is 0 Å². The Morgan fingerprint density at radius 1 is 1.17 bits per heavy atom. The second-order valence-electron chi connectivity index (χ2n) is 7.43. The number of amides is 1. The molecule has 1 aliphatic heterocycles. The summed E-state index contributed by atoms with van der Waals surface area (Å²) in [5, 5.41) is 10.6. The van der Waals surface area contributed by atoms with Gasteiger partial charge >= 0.3 is 5.69 Å². The smallest absolute Gasteiger partial charge is 0.346 e. The first-order valence-electron chi connectivity index (χ1n) is 10.0. The molecule has 1 unspecified atom stereocenters. The molecule has 3 aromatic rings. The quantitative estimate of drug-likeness (QED) is 0.678.